The first-order valence-electron chi connectivity index (χ1n) is 18.1. The molecule has 0 unspecified atom stereocenters. The fraction of sp³-hybridized carbons (Fsp3) is 0.512. The van der Waals surface area contributed by atoms with Crippen LogP contribution in [0, 0.1) is 0 Å². The van der Waals surface area contributed by atoms with E-state index >= 15 is 0 Å². The molecule has 0 heterocycles. The van der Waals surface area contributed by atoms with Gasteiger partial charge in [-0.3, -0.25) is 4.57 Å². The van der Waals surface area contributed by atoms with Crippen LogP contribution in [0.2, 0.25) is 0 Å². The summed E-state index contributed by atoms with van der Waals surface area (Å²) in [5.41, 5.74) is 2.87. The summed E-state index contributed by atoms with van der Waals surface area (Å²) in [4.78, 5) is 0. The Balaban J connectivity index is 1.50. The molecule has 0 amide bonds. The molecule has 3 aromatic rings. The molecule has 0 bridgehead atoms. The molecule has 0 aliphatic carbocycles. The van der Waals surface area contributed by atoms with Crippen molar-refractivity contribution in [1.29, 1.82) is 0 Å². The summed E-state index contributed by atoms with van der Waals surface area (Å²) in [6, 6.07) is 29.2. The molecular weight excluding hydrogens is 619 g/mol. The molecule has 6 nitrogen and oxygen atoms in total. The van der Waals surface area contributed by atoms with Gasteiger partial charge in [-0.05, 0) is 36.0 Å². The number of hydrogen-bond donors (Lipinski definition) is 1. The van der Waals surface area contributed by atoms with E-state index in [4.69, 9.17) is 18.5 Å². The molecule has 0 saturated carbocycles. The summed E-state index contributed by atoms with van der Waals surface area (Å²) >= 11 is 0. The van der Waals surface area contributed by atoms with Gasteiger partial charge in [0.25, 0.3) is 0 Å². The summed E-state index contributed by atoms with van der Waals surface area (Å²) in [7, 11) is -3.55. The normalized spacial score (nSPS) is 13.2. The van der Waals surface area contributed by atoms with Gasteiger partial charge in [0, 0.05) is 0 Å². The molecule has 0 aliphatic rings. The van der Waals surface area contributed by atoms with E-state index in [1.54, 1.807) is 0 Å². The van der Waals surface area contributed by atoms with Crippen molar-refractivity contribution in [2.24, 2.45) is 0 Å². The van der Waals surface area contributed by atoms with Gasteiger partial charge in [0.1, 0.15) is 12.9 Å². The van der Waals surface area contributed by atoms with Gasteiger partial charge in [-0.25, -0.2) is 0 Å². The van der Waals surface area contributed by atoms with Crippen molar-refractivity contribution in [1.82, 2.24) is 0 Å². The van der Waals surface area contributed by atoms with E-state index in [1.807, 2.05) is 97.1 Å². The number of unbranched alkanes of at least 4 members (excludes halogenated alkanes) is 11. The molecule has 3 aromatic carbocycles. The maximum atomic E-state index is 14.0. The average molecular weight is 679 g/mol. The van der Waals surface area contributed by atoms with E-state index in [-0.39, 0.29) is 32.6 Å². The highest BCUT2D eigenvalue weighted by Crippen LogP contribution is 2.50. The van der Waals surface area contributed by atoms with Crippen LogP contribution in [0.1, 0.15) is 107 Å². The Kier molecular flexibility index (Phi) is 21.1. The molecule has 1 N–H and O–H groups in total. The van der Waals surface area contributed by atoms with Crippen molar-refractivity contribution in [3.63, 3.8) is 0 Å². The van der Waals surface area contributed by atoms with Crippen molar-refractivity contribution in [2.75, 3.05) is 13.0 Å². The Morgan fingerprint density at radius 2 is 1.10 bits per heavy atom. The molecule has 264 valence electrons. The molecule has 3 rings (SSSR count). The average Bonchev–Trinajstić information content (AvgIpc) is 3.13. The lowest BCUT2D eigenvalue weighted by molar-refractivity contribution is -0.112. The number of benzene rings is 3. The zero-order valence-corrected chi connectivity index (χ0v) is 30.0. The van der Waals surface area contributed by atoms with Crippen LogP contribution >= 0.6 is 7.60 Å². The molecule has 0 aliphatic heterocycles. The number of aliphatic hydroxyl groups excluding tert-OH is 1. The van der Waals surface area contributed by atoms with Crippen LogP contribution in [0.25, 0.3) is 0 Å². The van der Waals surface area contributed by atoms with Gasteiger partial charge in [-0.15, -0.1) is 0 Å². The number of hydrogen-bond acceptors (Lipinski definition) is 6. The molecule has 0 radical (unpaired) electrons. The fourth-order valence-electron chi connectivity index (χ4n) is 5.43. The SMILES string of the molecule is CCCCCCCCCCCCC/C=C/[C@@H](OCOCc1ccccc1)[C@H](O)CCP(=O)(OCc1ccccc1)OCc1ccccc1. The second-order valence-corrected chi connectivity index (χ2v) is 14.7. The molecule has 0 fully saturated rings. The van der Waals surface area contributed by atoms with Crippen LogP contribution in [-0.2, 0) is 42.9 Å². The second kappa shape index (κ2) is 25.4. The quantitative estimate of drug-likeness (QED) is 0.0357. The highest BCUT2D eigenvalue weighted by Gasteiger charge is 2.28. The minimum atomic E-state index is -3.55. The lowest BCUT2D eigenvalue weighted by Crippen LogP contribution is -2.29. The van der Waals surface area contributed by atoms with Gasteiger partial charge in [0.15, 0.2) is 0 Å². The lowest BCUT2D eigenvalue weighted by Gasteiger charge is -2.24. The lowest BCUT2D eigenvalue weighted by atomic mass is 10.0. The molecule has 0 saturated heterocycles. The molecule has 2 atom stereocenters. The number of allylic oxidation sites excluding steroid dienone is 1. The highest BCUT2D eigenvalue weighted by atomic mass is 31.2. The van der Waals surface area contributed by atoms with Crippen LogP contribution in [0.4, 0.5) is 0 Å². The third-order valence-electron chi connectivity index (χ3n) is 8.37. The maximum Gasteiger partial charge on any atom is 0.331 e. The zero-order valence-electron chi connectivity index (χ0n) is 29.1. The predicted molar refractivity (Wildman–Crippen MR) is 197 cm³/mol. The number of ether oxygens (including phenoxy) is 2. The van der Waals surface area contributed by atoms with E-state index in [0.29, 0.717) is 6.61 Å². The smallest absolute Gasteiger partial charge is 0.331 e. The van der Waals surface area contributed by atoms with E-state index in [1.165, 1.54) is 64.2 Å². The van der Waals surface area contributed by atoms with Crippen molar-refractivity contribution in [2.45, 2.75) is 122 Å². The largest absolute Gasteiger partial charge is 0.390 e. The minimum Gasteiger partial charge on any atom is -0.390 e. The third kappa shape index (κ3) is 18.3. The minimum absolute atomic E-state index is 0.0338. The molecule has 0 spiro atoms. The van der Waals surface area contributed by atoms with Crippen LogP contribution in [-0.4, -0.2) is 30.3 Å². The van der Waals surface area contributed by atoms with Crippen LogP contribution in [0.5, 0.6) is 0 Å². The monoisotopic (exact) mass is 678 g/mol. The van der Waals surface area contributed by atoms with Gasteiger partial charge in [0.2, 0.25) is 0 Å². The Labute approximate surface area is 290 Å². The number of rotatable bonds is 28. The molecule has 7 heteroatoms. The van der Waals surface area contributed by atoms with Crippen molar-refractivity contribution >= 4 is 7.60 Å². The maximum absolute atomic E-state index is 14.0. The van der Waals surface area contributed by atoms with Crippen molar-refractivity contribution in [3.05, 3.63) is 120 Å². The van der Waals surface area contributed by atoms with Crippen LogP contribution in [0.3, 0.4) is 0 Å². The Morgan fingerprint density at radius 3 is 1.60 bits per heavy atom. The first-order valence-corrected chi connectivity index (χ1v) is 19.8. The van der Waals surface area contributed by atoms with Crippen LogP contribution in [0.15, 0.2) is 103 Å². The highest BCUT2D eigenvalue weighted by molar-refractivity contribution is 7.53. The zero-order chi connectivity index (χ0) is 34.0. The number of aliphatic hydroxyl groups is 1. The summed E-state index contributed by atoms with van der Waals surface area (Å²) in [6.07, 6.45) is 18.0. The van der Waals surface area contributed by atoms with E-state index in [0.717, 1.165) is 29.5 Å². The van der Waals surface area contributed by atoms with Crippen molar-refractivity contribution < 1.29 is 28.2 Å². The predicted octanol–water partition coefficient (Wildman–Crippen LogP) is 11.2. The Hall–Kier alpha value is -2.57. The summed E-state index contributed by atoms with van der Waals surface area (Å²) < 4.78 is 37.6. The topological polar surface area (TPSA) is 74.2 Å². The first kappa shape index (κ1) is 39.9. The van der Waals surface area contributed by atoms with E-state index in [9.17, 15) is 9.67 Å². The standard InChI is InChI=1S/C41H59O6P/c1-2-3-4-5-6-7-8-9-10-11-12-13-23-30-41(45-36-44-33-37-24-17-14-18-25-37)40(42)31-32-48(43,46-34-38-26-19-15-20-27-38)47-35-39-28-21-16-22-29-39/h14-30,40-42H,2-13,31-36H2,1H3/b30-23+/t40-,41-/m1/s1. The molecular formula is C41H59O6P. The molecule has 48 heavy (non-hydrogen) atoms. The molecule has 0 aromatic heterocycles. The summed E-state index contributed by atoms with van der Waals surface area (Å²) in [5, 5.41) is 11.3. The summed E-state index contributed by atoms with van der Waals surface area (Å²) in [6.45, 7) is 3.04. The van der Waals surface area contributed by atoms with Crippen LogP contribution < -0.4 is 0 Å². The Bertz CT molecular complexity index is 1210. The van der Waals surface area contributed by atoms with Gasteiger partial charge < -0.3 is 23.6 Å². The van der Waals surface area contributed by atoms with E-state index in [2.05, 4.69) is 13.0 Å². The first-order chi connectivity index (χ1) is 23.6. The van der Waals surface area contributed by atoms with Gasteiger partial charge >= 0.3 is 7.60 Å². The summed E-state index contributed by atoms with van der Waals surface area (Å²) in [5.74, 6) is 0. The van der Waals surface area contributed by atoms with Gasteiger partial charge in [-0.2, -0.15) is 0 Å². The second-order valence-electron chi connectivity index (χ2n) is 12.5. The Morgan fingerprint density at radius 1 is 0.646 bits per heavy atom. The van der Waals surface area contributed by atoms with Crippen molar-refractivity contribution in [3.8, 4) is 0 Å². The van der Waals surface area contributed by atoms with Gasteiger partial charge in [-0.1, -0.05) is 174 Å². The van der Waals surface area contributed by atoms with Gasteiger partial charge in [0.05, 0.1) is 32.1 Å². The third-order valence-corrected chi connectivity index (χ3v) is 10.2. The fourth-order valence-corrected chi connectivity index (χ4v) is 7.03. The van der Waals surface area contributed by atoms with E-state index < -0.39 is 19.8 Å².